The van der Waals surface area contributed by atoms with Gasteiger partial charge >= 0.3 is 6.29 Å². The zero-order valence-corrected chi connectivity index (χ0v) is 8.82. The van der Waals surface area contributed by atoms with Crippen LogP contribution in [-0.4, -0.2) is 6.29 Å². The van der Waals surface area contributed by atoms with E-state index in [4.69, 9.17) is 17.3 Å². The number of anilines is 1. The van der Waals surface area contributed by atoms with Crippen molar-refractivity contribution < 1.29 is 18.3 Å². The van der Waals surface area contributed by atoms with Crippen LogP contribution < -0.4 is 15.2 Å². The number of hydrogen-bond donors (Lipinski definition) is 1. The number of alkyl halides is 2. The van der Waals surface area contributed by atoms with Gasteiger partial charge in [-0.15, -0.1) is 8.78 Å². The first-order valence-electron chi connectivity index (χ1n) is 3.44. The average Bonchev–Trinajstić information content (AvgIpc) is 2.37. The standard InChI is InChI=1S/C7H3BrClF2NO2/c8-2-1-3-6(5(12)4(2)9)14-7(10,11)13-3/h1H,12H2. The highest BCUT2D eigenvalue weighted by Gasteiger charge is 2.45. The molecule has 0 amide bonds. The highest BCUT2D eigenvalue weighted by atomic mass is 79.9. The molecule has 0 fully saturated rings. The molecule has 0 spiro atoms. The first-order chi connectivity index (χ1) is 6.41. The minimum atomic E-state index is -3.68. The van der Waals surface area contributed by atoms with Crippen molar-refractivity contribution in [2.45, 2.75) is 6.29 Å². The lowest BCUT2D eigenvalue weighted by Gasteiger charge is -2.05. The van der Waals surface area contributed by atoms with Crippen molar-refractivity contribution in [1.82, 2.24) is 0 Å². The molecule has 0 radical (unpaired) electrons. The first kappa shape index (κ1) is 9.79. The molecule has 1 aliphatic rings. The fourth-order valence-electron chi connectivity index (χ4n) is 1.05. The van der Waals surface area contributed by atoms with Gasteiger partial charge < -0.3 is 15.2 Å². The van der Waals surface area contributed by atoms with Gasteiger partial charge in [-0.25, -0.2) is 0 Å². The van der Waals surface area contributed by atoms with Gasteiger partial charge in [0.05, 0.1) is 10.7 Å². The van der Waals surface area contributed by atoms with Gasteiger partial charge in [-0.3, -0.25) is 0 Å². The van der Waals surface area contributed by atoms with Gasteiger partial charge in [-0.1, -0.05) is 11.6 Å². The Morgan fingerprint density at radius 3 is 2.71 bits per heavy atom. The molecule has 2 rings (SSSR count). The lowest BCUT2D eigenvalue weighted by molar-refractivity contribution is -0.286. The van der Waals surface area contributed by atoms with Crippen molar-refractivity contribution in [3.63, 3.8) is 0 Å². The van der Waals surface area contributed by atoms with Crippen molar-refractivity contribution in [3.05, 3.63) is 15.6 Å². The third kappa shape index (κ3) is 1.38. The van der Waals surface area contributed by atoms with E-state index in [0.29, 0.717) is 4.47 Å². The van der Waals surface area contributed by atoms with Crippen LogP contribution >= 0.6 is 27.5 Å². The van der Waals surface area contributed by atoms with Crippen LogP contribution in [0.4, 0.5) is 14.5 Å². The van der Waals surface area contributed by atoms with E-state index < -0.39 is 6.29 Å². The molecule has 76 valence electrons. The first-order valence-corrected chi connectivity index (χ1v) is 4.61. The second-order valence-corrected chi connectivity index (χ2v) is 3.81. The maximum Gasteiger partial charge on any atom is 0.586 e. The number of nitrogen functional groups attached to an aromatic ring is 1. The summed E-state index contributed by atoms with van der Waals surface area (Å²) >= 11 is 8.75. The lowest BCUT2D eigenvalue weighted by atomic mass is 10.3. The van der Waals surface area contributed by atoms with Gasteiger partial charge in [-0.2, -0.15) is 0 Å². The van der Waals surface area contributed by atoms with Crippen LogP contribution in [0.15, 0.2) is 10.5 Å². The molecule has 1 aromatic carbocycles. The van der Waals surface area contributed by atoms with Gasteiger partial charge in [0.2, 0.25) is 0 Å². The Labute approximate surface area is 90.9 Å². The predicted octanol–water partition coefficient (Wildman–Crippen LogP) is 3.01. The van der Waals surface area contributed by atoms with E-state index in [1.54, 1.807) is 0 Å². The fraction of sp³-hybridized carbons (Fsp3) is 0.143. The summed E-state index contributed by atoms with van der Waals surface area (Å²) in [5.41, 5.74) is 5.38. The summed E-state index contributed by atoms with van der Waals surface area (Å²) in [5, 5.41) is 0.116. The quantitative estimate of drug-likeness (QED) is 0.746. The van der Waals surface area contributed by atoms with Crippen molar-refractivity contribution >= 4 is 33.2 Å². The number of nitrogens with two attached hydrogens (primary N) is 1. The minimum Gasteiger partial charge on any atom is -0.395 e. The lowest BCUT2D eigenvalue weighted by Crippen LogP contribution is -2.26. The normalized spacial score (nSPS) is 17.1. The minimum absolute atomic E-state index is 0.0757. The van der Waals surface area contributed by atoms with Gasteiger partial charge in [0.15, 0.2) is 11.5 Å². The SMILES string of the molecule is Nc1c(Cl)c(Br)cc2c1OC(F)(F)O2. The van der Waals surface area contributed by atoms with E-state index in [2.05, 4.69) is 25.4 Å². The van der Waals surface area contributed by atoms with Crippen LogP contribution in [-0.2, 0) is 0 Å². The van der Waals surface area contributed by atoms with Crippen LogP contribution in [0.25, 0.3) is 0 Å². The van der Waals surface area contributed by atoms with Crippen molar-refractivity contribution in [2.24, 2.45) is 0 Å². The molecule has 0 unspecified atom stereocenters. The van der Waals surface area contributed by atoms with Crippen molar-refractivity contribution in [1.29, 1.82) is 0 Å². The molecule has 2 N–H and O–H groups in total. The van der Waals surface area contributed by atoms with E-state index >= 15 is 0 Å². The molecule has 0 saturated heterocycles. The third-order valence-electron chi connectivity index (χ3n) is 1.62. The van der Waals surface area contributed by atoms with Gasteiger partial charge in [-0.05, 0) is 15.9 Å². The molecule has 1 aromatic rings. The number of ether oxygens (including phenoxy) is 2. The summed E-state index contributed by atoms with van der Waals surface area (Å²) in [5.74, 6) is -0.369. The summed E-state index contributed by atoms with van der Waals surface area (Å²) in [4.78, 5) is 0. The monoisotopic (exact) mass is 285 g/mol. The maximum absolute atomic E-state index is 12.6. The summed E-state index contributed by atoms with van der Waals surface area (Å²) in [6, 6.07) is 1.27. The number of halogens is 4. The van der Waals surface area contributed by atoms with E-state index in [-0.39, 0.29) is 22.2 Å². The summed E-state index contributed by atoms with van der Waals surface area (Å²) in [6.45, 7) is 0. The molecular formula is C7H3BrClF2NO2. The van der Waals surface area contributed by atoms with Gasteiger partial charge in [0.1, 0.15) is 0 Å². The van der Waals surface area contributed by atoms with Crippen LogP contribution in [0.2, 0.25) is 5.02 Å². The molecule has 0 saturated carbocycles. The highest BCUT2D eigenvalue weighted by molar-refractivity contribution is 9.10. The van der Waals surface area contributed by atoms with E-state index in [0.717, 1.165) is 0 Å². The van der Waals surface area contributed by atoms with Crippen molar-refractivity contribution in [3.8, 4) is 11.5 Å². The number of hydrogen-bond acceptors (Lipinski definition) is 3. The maximum atomic E-state index is 12.6. The third-order valence-corrected chi connectivity index (χ3v) is 2.88. The number of fused-ring (bicyclic) bond motifs is 1. The van der Waals surface area contributed by atoms with E-state index in [1.807, 2.05) is 0 Å². The van der Waals surface area contributed by atoms with E-state index in [9.17, 15) is 8.78 Å². The highest BCUT2D eigenvalue weighted by Crippen LogP contribution is 2.49. The molecule has 7 heteroatoms. The summed E-state index contributed by atoms with van der Waals surface area (Å²) in [7, 11) is 0. The van der Waals surface area contributed by atoms with E-state index in [1.165, 1.54) is 6.07 Å². The Hall–Kier alpha value is -0.750. The fourth-order valence-corrected chi connectivity index (χ4v) is 1.62. The zero-order chi connectivity index (χ0) is 10.5. The Morgan fingerprint density at radius 1 is 1.43 bits per heavy atom. The second kappa shape index (κ2) is 2.87. The van der Waals surface area contributed by atoms with Crippen LogP contribution in [0.3, 0.4) is 0 Å². The smallest absolute Gasteiger partial charge is 0.395 e. The molecule has 0 aliphatic carbocycles. The zero-order valence-electron chi connectivity index (χ0n) is 6.48. The van der Waals surface area contributed by atoms with Gasteiger partial charge in [0, 0.05) is 10.5 Å². The summed E-state index contributed by atoms with van der Waals surface area (Å²) in [6.07, 6.45) is -3.68. The van der Waals surface area contributed by atoms with Crippen LogP contribution in [0.5, 0.6) is 11.5 Å². The molecule has 1 heterocycles. The van der Waals surface area contributed by atoms with Crippen LogP contribution in [0, 0.1) is 0 Å². The van der Waals surface area contributed by atoms with Crippen molar-refractivity contribution in [2.75, 3.05) is 5.73 Å². The largest absolute Gasteiger partial charge is 0.586 e. The second-order valence-electron chi connectivity index (χ2n) is 2.58. The Kier molecular flexibility index (Phi) is 2.01. The number of benzene rings is 1. The molecule has 0 atom stereocenters. The summed E-state index contributed by atoms with van der Waals surface area (Å²) < 4.78 is 34.0. The Morgan fingerprint density at radius 2 is 2.07 bits per heavy atom. The van der Waals surface area contributed by atoms with Gasteiger partial charge in [0.25, 0.3) is 0 Å². The molecule has 14 heavy (non-hydrogen) atoms. The molecule has 0 bridgehead atoms. The molecule has 0 aromatic heterocycles. The number of rotatable bonds is 0. The topological polar surface area (TPSA) is 44.5 Å². The average molecular weight is 286 g/mol. The molecule has 3 nitrogen and oxygen atoms in total. The Bertz CT molecular complexity index is 413. The molecule has 1 aliphatic heterocycles. The van der Waals surface area contributed by atoms with Crippen LogP contribution in [0.1, 0.15) is 0 Å². The predicted molar refractivity (Wildman–Crippen MR) is 49.8 cm³/mol. The molecular weight excluding hydrogens is 283 g/mol. The Balaban J connectivity index is 2.59.